The zero-order chi connectivity index (χ0) is 18.7. The van der Waals surface area contributed by atoms with E-state index >= 15 is 0 Å². The summed E-state index contributed by atoms with van der Waals surface area (Å²) in [6.07, 6.45) is 0. The van der Waals surface area contributed by atoms with Crippen LogP contribution < -0.4 is 19.7 Å². The molecule has 0 saturated heterocycles. The van der Waals surface area contributed by atoms with Gasteiger partial charge in [-0.05, 0) is 29.8 Å². The number of rotatable bonds is 5. The third-order valence-corrected chi connectivity index (χ3v) is 3.82. The number of benzene rings is 2. The van der Waals surface area contributed by atoms with Crippen molar-refractivity contribution in [3.8, 4) is 11.5 Å². The summed E-state index contributed by atoms with van der Waals surface area (Å²) in [6.45, 7) is 1.31. The van der Waals surface area contributed by atoms with Gasteiger partial charge in [-0.15, -0.1) is 0 Å². The molecule has 0 saturated carbocycles. The molecule has 0 aromatic heterocycles. The average molecular weight is 362 g/mol. The predicted molar refractivity (Wildman–Crippen MR) is 88.8 cm³/mol. The molecule has 2 amide bonds. The SMILES string of the molecule is CC(=O)N(CC(=O)NCc1ccc2c(c1)OCO2)c1ccc(F)c(F)c1. The van der Waals surface area contributed by atoms with Crippen LogP contribution in [0.3, 0.4) is 0 Å². The largest absolute Gasteiger partial charge is 0.454 e. The van der Waals surface area contributed by atoms with Crippen LogP contribution in [0.1, 0.15) is 12.5 Å². The molecule has 1 heterocycles. The zero-order valence-corrected chi connectivity index (χ0v) is 13.9. The summed E-state index contributed by atoms with van der Waals surface area (Å²) >= 11 is 0. The van der Waals surface area contributed by atoms with Gasteiger partial charge in [0.2, 0.25) is 18.6 Å². The Bertz CT molecular complexity index is 857. The van der Waals surface area contributed by atoms with Crippen molar-refractivity contribution in [3.05, 3.63) is 53.6 Å². The Labute approximate surface area is 148 Å². The molecule has 0 radical (unpaired) electrons. The summed E-state index contributed by atoms with van der Waals surface area (Å²) in [7, 11) is 0. The Kier molecular flexibility index (Phi) is 5.01. The Hall–Kier alpha value is -3.16. The summed E-state index contributed by atoms with van der Waals surface area (Å²) in [5.74, 6) is -1.78. The van der Waals surface area contributed by atoms with E-state index < -0.39 is 23.4 Å². The number of ether oxygens (including phenoxy) is 2. The van der Waals surface area contributed by atoms with Gasteiger partial charge in [-0.3, -0.25) is 9.59 Å². The molecule has 1 aliphatic rings. The standard InChI is InChI=1S/C18H16F2N2O4/c1-11(23)22(13-3-4-14(19)15(20)7-13)9-18(24)21-8-12-2-5-16-17(6-12)26-10-25-16/h2-7H,8-10H2,1H3,(H,21,24). The van der Waals surface area contributed by atoms with Crippen LogP contribution in [0.2, 0.25) is 0 Å². The van der Waals surface area contributed by atoms with E-state index in [1.165, 1.54) is 13.0 Å². The Morgan fingerprint density at radius 2 is 1.85 bits per heavy atom. The number of carbonyl (C=O) groups excluding carboxylic acids is 2. The van der Waals surface area contributed by atoms with Gasteiger partial charge < -0.3 is 19.7 Å². The van der Waals surface area contributed by atoms with Crippen molar-refractivity contribution in [2.45, 2.75) is 13.5 Å². The lowest BCUT2D eigenvalue weighted by Crippen LogP contribution is -2.39. The summed E-state index contributed by atoms with van der Waals surface area (Å²) in [4.78, 5) is 25.0. The highest BCUT2D eigenvalue weighted by molar-refractivity contribution is 5.97. The lowest BCUT2D eigenvalue weighted by Gasteiger charge is -2.21. The number of fused-ring (bicyclic) bond motifs is 1. The summed E-state index contributed by atoms with van der Waals surface area (Å²) < 4.78 is 36.9. The van der Waals surface area contributed by atoms with Gasteiger partial charge in [-0.25, -0.2) is 8.78 Å². The molecule has 0 atom stereocenters. The molecule has 26 heavy (non-hydrogen) atoms. The molecule has 6 nitrogen and oxygen atoms in total. The zero-order valence-electron chi connectivity index (χ0n) is 13.9. The first kappa shape index (κ1) is 17.7. The maximum Gasteiger partial charge on any atom is 0.240 e. The van der Waals surface area contributed by atoms with Crippen LogP contribution >= 0.6 is 0 Å². The van der Waals surface area contributed by atoms with E-state index in [-0.39, 0.29) is 25.6 Å². The molecule has 1 aliphatic heterocycles. The molecular formula is C18H16F2N2O4. The summed E-state index contributed by atoms with van der Waals surface area (Å²) in [5.41, 5.74) is 0.902. The molecule has 136 valence electrons. The molecule has 0 unspecified atom stereocenters. The number of halogens is 2. The number of nitrogens with zero attached hydrogens (tertiary/aromatic N) is 1. The van der Waals surface area contributed by atoms with Crippen LogP contribution in [0.5, 0.6) is 11.5 Å². The second-order valence-electron chi connectivity index (χ2n) is 5.67. The van der Waals surface area contributed by atoms with E-state index in [4.69, 9.17) is 9.47 Å². The molecule has 0 bridgehead atoms. The molecule has 2 aromatic rings. The molecule has 0 spiro atoms. The fraction of sp³-hybridized carbons (Fsp3) is 0.222. The van der Waals surface area contributed by atoms with Crippen molar-refractivity contribution in [1.29, 1.82) is 0 Å². The summed E-state index contributed by atoms with van der Waals surface area (Å²) in [6, 6.07) is 8.30. The minimum absolute atomic E-state index is 0.106. The number of nitrogens with one attached hydrogen (secondary N) is 1. The first-order chi connectivity index (χ1) is 12.4. The van der Waals surface area contributed by atoms with Gasteiger partial charge in [0.05, 0.1) is 0 Å². The fourth-order valence-electron chi connectivity index (χ4n) is 2.49. The third kappa shape index (κ3) is 3.90. The van der Waals surface area contributed by atoms with Crippen LogP contribution in [0.4, 0.5) is 14.5 Å². The fourth-order valence-corrected chi connectivity index (χ4v) is 2.49. The molecular weight excluding hydrogens is 346 g/mol. The van der Waals surface area contributed by atoms with Crippen LogP contribution in [-0.4, -0.2) is 25.2 Å². The van der Waals surface area contributed by atoms with E-state index in [0.29, 0.717) is 11.5 Å². The van der Waals surface area contributed by atoms with Crippen molar-refractivity contribution < 1.29 is 27.8 Å². The lowest BCUT2D eigenvalue weighted by molar-refractivity contribution is -0.123. The lowest BCUT2D eigenvalue weighted by atomic mass is 10.2. The van der Waals surface area contributed by atoms with Gasteiger partial charge in [0.15, 0.2) is 23.1 Å². The Morgan fingerprint density at radius 1 is 1.08 bits per heavy atom. The van der Waals surface area contributed by atoms with Gasteiger partial charge in [0.1, 0.15) is 6.54 Å². The second-order valence-corrected chi connectivity index (χ2v) is 5.67. The van der Waals surface area contributed by atoms with Crippen LogP contribution in [0.15, 0.2) is 36.4 Å². The van der Waals surface area contributed by atoms with Gasteiger partial charge >= 0.3 is 0 Å². The molecule has 1 N–H and O–H groups in total. The highest BCUT2D eigenvalue weighted by Crippen LogP contribution is 2.32. The number of hydrogen-bond donors (Lipinski definition) is 1. The quantitative estimate of drug-likeness (QED) is 0.887. The number of carbonyl (C=O) groups is 2. The van der Waals surface area contributed by atoms with E-state index in [0.717, 1.165) is 22.6 Å². The van der Waals surface area contributed by atoms with Crippen molar-refractivity contribution >= 4 is 17.5 Å². The predicted octanol–water partition coefficient (Wildman–Crippen LogP) is 2.36. The Morgan fingerprint density at radius 3 is 2.58 bits per heavy atom. The van der Waals surface area contributed by atoms with E-state index in [1.54, 1.807) is 18.2 Å². The highest BCUT2D eigenvalue weighted by atomic mass is 19.2. The minimum atomic E-state index is -1.09. The van der Waals surface area contributed by atoms with Crippen molar-refractivity contribution in [3.63, 3.8) is 0 Å². The van der Waals surface area contributed by atoms with Crippen molar-refractivity contribution in [2.24, 2.45) is 0 Å². The molecule has 0 aliphatic carbocycles. The second kappa shape index (κ2) is 7.38. The topological polar surface area (TPSA) is 67.9 Å². The van der Waals surface area contributed by atoms with Gasteiger partial charge in [-0.1, -0.05) is 6.07 Å². The van der Waals surface area contributed by atoms with E-state index in [1.807, 2.05) is 0 Å². The smallest absolute Gasteiger partial charge is 0.240 e. The maximum absolute atomic E-state index is 13.4. The van der Waals surface area contributed by atoms with E-state index in [2.05, 4.69) is 5.32 Å². The van der Waals surface area contributed by atoms with Crippen LogP contribution in [0, 0.1) is 11.6 Å². The maximum atomic E-state index is 13.4. The molecule has 0 fully saturated rings. The molecule has 8 heteroatoms. The average Bonchev–Trinajstić information content (AvgIpc) is 3.08. The molecule has 2 aromatic carbocycles. The van der Waals surface area contributed by atoms with Gasteiger partial charge in [-0.2, -0.15) is 0 Å². The monoisotopic (exact) mass is 362 g/mol. The van der Waals surface area contributed by atoms with Gasteiger partial charge in [0.25, 0.3) is 0 Å². The Balaban J connectivity index is 1.63. The highest BCUT2D eigenvalue weighted by Gasteiger charge is 2.18. The van der Waals surface area contributed by atoms with E-state index in [9.17, 15) is 18.4 Å². The van der Waals surface area contributed by atoms with Gasteiger partial charge in [0, 0.05) is 25.2 Å². The number of anilines is 1. The third-order valence-electron chi connectivity index (χ3n) is 3.82. The van der Waals surface area contributed by atoms with Crippen LogP contribution in [0.25, 0.3) is 0 Å². The molecule has 3 rings (SSSR count). The van der Waals surface area contributed by atoms with Crippen LogP contribution in [-0.2, 0) is 16.1 Å². The first-order valence-electron chi connectivity index (χ1n) is 7.82. The normalized spacial score (nSPS) is 12.0. The number of hydrogen-bond acceptors (Lipinski definition) is 4. The summed E-state index contributed by atoms with van der Waals surface area (Å²) in [5, 5.41) is 2.67. The van der Waals surface area contributed by atoms with Crippen molar-refractivity contribution in [1.82, 2.24) is 5.32 Å². The first-order valence-corrected chi connectivity index (χ1v) is 7.82. The van der Waals surface area contributed by atoms with Crippen molar-refractivity contribution in [2.75, 3.05) is 18.2 Å². The minimum Gasteiger partial charge on any atom is -0.454 e. The number of amides is 2.